The molecule has 0 spiro atoms. The van der Waals surface area contributed by atoms with Crippen LogP contribution in [0.4, 0.5) is 24.5 Å². The smallest absolute Gasteiger partial charge is 0.346 e. The minimum atomic E-state index is -1.30. The van der Waals surface area contributed by atoms with Crippen molar-refractivity contribution in [3.05, 3.63) is 121 Å². The van der Waals surface area contributed by atoms with Gasteiger partial charge in [0.1, 0.15) is 17.5 Å². The first-order valence-electron chi connectivity index (χ1n) is 13.6. The Hall–Kier alpha value is -5.35. The number of benzene rings is 4. The molecule has 49 heavy (non-hydrogen) atoms. The first-order chi connectivity index (χ1) is 23.0. The van der Waals surface area contributed by atoms with E-state index in [9.17, 15) is 37.1 Å². The number of nitrogens with zero attached hydrogens (tertiary/aromatic N) is 1. The Labute approximate surface area is 292 Å². The second-order valence-corrected chi connectivity index (χ2v) is 11.5. The molecule has 0 unspecified atom stereocenters. The summed E-state index contributed by atoms with van der Waals surface area (Å²) in [7, 11) is 0. The van der Waals surface area contributed by atoms with Gasteiger partial charge in [-0.05, 0) is 73.8 Å². The van der Waals surface area contributed by atoms with E-state index in [0.29, 0.717) is 11.1 Å². The molecular formula is C33H24Br2F3N3O8. The van der Waals surface area contributed by atoms with Crippen molar-refractivity contribution < 1.29 is 47.0 Å². The molecule has 0 aliphatic rings. The topological polar surface area (TPSA) is 176 Å². The Kier molecular flexibility index (Phi) is 13.0. The van der Waals surface area contributed by atoms with Crippen LogP contribution in [0.5, 0.6) is 0 Å². The number of carboxylic acids is 2. The molecule has 0 aliphatic heterocycles. The van der Waals surface area contributed by atoms with Gasteiger partial charge >= 0.3 is 17.6 Å². The Morgan fingerprint density at radius 2 is 1.22 bits per heavy atom. The first kappa shape index (κ1) is 38.1. The van der Waals surface area contributed by atoms with Crippen LogP contribution in [0.1, 0.15) is 40.5 Å². The zero-order valence-electron chi connectivity index (χ0n) is 25.5. The van der Waals surface area contributed by atoms with E-state index in [2.05, 4.69) is 47.5 Å². The van der Waals surface area contributed by atoms with Crippen molar-refractivity contribution in [1.29, 1.82) is 0 Å². The number of carbonyl (C=O) groups excluding carboxylic acids is 2. The molecule has 16 heteroatoms. The lowest BCUT2D eigenvalue weighted by Crippen LogP contribution is -2.11. The highest BCUT2D eigenvalue weighted by atomic mass is 79.9. The minimum Gasteiger partial charge on any atom is -0.478 e. The molecule has 1 heterocycles. The van der Waals surface area contributed by atoms with Crippen LogP contribution in [0, 0.1) is 24.4 Å². The number of fused-ring (bicyclic) bond motifs is 1. The number of halogens is 5. The maximum atomic E-state index is 14.0. The van der Waals surface area contributed by atoms with Crippen molar-refractivity contribution in [3.8, 4) is 11.1 Å². The summed E-state index contributed by atoms with van der Waals surface area (Å²) in [6.07, 6.45) is 0. The molecule has 4 N–H and O–H groups in total. The minimum absolute atomic E-state index is 0.0586. The molecule has 254 valence electrons. The van der Waals surface area contributed by atoms with Crippen LogP contribution in [0.2, 0.25) is 0 Å². The van der Waals surface area contributed by atoms with Gasteiger partial charge in [0.2, 0.25) is 11.8 Å². The number of hydrogen-bond acceptors (Lipinski definition) is 7. The summed E-state index contributed by atoms with van der Waals surface area (Å²) in [4.78, 5) is 59.0. The lowest BCUT2D eigenvalue weighted by molar-refractivity contribution is -0.115. The van der Waals surface area contributed by atoms with Crippen molar-refractivity contribution in [2.24, 2.45) is 0 Å². The van der Waals surface area contributed by atoms with Crippen molar-refractivity contribution in [1.82, 2.24) is 4.98 Å². The van der Waals surface area contributed by atoms with Crippen LogP contribution in [0.3, 0.4) is 0 Å². The molecule has 11 nitrogen and oxygen atoms in total. The van der Waals surface area contributed by atoms with Crippen LogP contribution in [-0.4, -0.2) is 39.0 Å². The molecule has 5 rings (SSSR count). The van der Waals surface area contributed by atoms with Crippen molar-refractivity contribution in [3.63, 3.8) is 0 Å². The molecule has 4 aromatic carbocycles. The molecule has 0 radical (unpaired) electrons. The van der Waals surface area contributed by atoms with Crippen LogP contribution in [0.15, 0.2) is 84.9 Å². The molecule has 5 aromatic rings. The third kappa shape index (κ3) is 10.3. The molecule has 0 aliphatic carbocycles. The number of carboxylic acid groups (broad SMARTS) is 2. The van der Waals surface area contributed by atoms with Crippen LogP contribution < -0.4 is 16.3 Å². The van der Waals surface area contributed by atoms with Gasteiger partial charge in [0.25, 0.3) is 0 Å². The van der Waals surface area contributed by atoms with Crippen molar-refractivity contribution in [2.45, 2.75) is 20.8 Å². The van der Waals surface area contributed by atoms with Crippen molar-refractivity contribution >= 4 is 77.9 Å². The summed E-state index contributed by atoms with van der Waals surface area (Å²) in [6.45, 7) is 4.07. The van der Waals surface area contributed by atoms with E-state index in [4.69, 9.17) is 14.6 Å². The van der Waals surface area contributed by atoms with Gasteiger partial charge in [-0.1, -0.05) is 30.3 Å². The zero-order valence-corrected chi connectivity index (χ0v) is 28.7. The van der Waals surface area contributed by atoms with Gasteiger partial charge in [0, 0.05) is 26.3 Å². The molecule has 0 saturated heterocycles. The molecule has 0 saturated carbocycles. The van der Waals surface area contributed by atoms with E-state index < -0.39 is 46.8 Å². The van der Waals surface area contributed by atoms with E-state index in [1.54, 1.807) is 37.3 Å². The Balaban J connectivity index is 0.000000203. The van der Waals surface area contributed by atoms with Gasteiger partial charge in [-0.25, -0.2) is 32.5 Å². The monoisotopic (exact) mass is 805 g/mol. The van der Waals surface area contributed by atoms with E-state index in [0.717, 1.165) is 18.2 Å². The number of hydrogen-bond donors (Lipinski definition) is 4. The number of anilines is 2. The number of amides is 2. The van der Waals surface area contributed by atoms with Gasteiger partial charge in [0.05, 0.1) is 42.4 Å². The maximum Gasteiger partial charge on any atom is 0.346 e. The lowest BCUT2D eigenvalue weighted by Gasteiger charge is -2.11. The molecule has 0 bridgehead atoms. The number of nitrogens with one attached hydrogen (secondary N) is 2. The van der Waals surface area contributed by atoms with Crippen LogP contribution >= 0.6 is 31.9 Å². The lowest BCUT2D eigenvalue weighted by atomic mass is 10.0. The number of carbonyl (C=O) groups is 4. The van der Waals surface area contributed by atoms with E-state index in [1.807, 2.05) is 0 Å². The van der Waals surface area contributed by atoms with Gasteiger partial charge < -0.3 is 25.3 Å². The normalized spacial score (nSPS) is 10.2. The Bertz CT molecular complexity index is 2140. The van der Waals surface area contributed by atoms with E-state index >= 15 is 0 Å². The number of aryl methyl sites for hydroxylation is 1. The SMILES string of the molecule is CC(=O)Nc1cc(-c2ccccc2)c(F)cc1C(=O)O.CC(=O)Nc1cc(Br)c(F)cc1C(=O)O.Cc1nc2cc(Br)c(F)cc2c(=O)o1. The van der Waals surface area contributed by atoms with E-state index in [-0.39, 0.29) is 48.3 Å². The van der Waals surface area contributed by atoms with Gasteiger partial charge in [-0.2, -0.15) is 0 Å². The average Bonchev–Trinajstić information content (AvgIpc) is 3.01. The summed E-state index contributed by atoms with van der Waals surface area (Å²) < 4.78 is 45.3. The quantitative estimate of drug-likeness (QED) is 0.138. The zero-order chi connectivity index (χ0) is 36.6. The highest BCUT2D eigenvalue weighted by Gasteiger charge is 2.17. The second kappa shape index (κ2) is 16.7. The molecule has 0 fully saturated rings. The number of aromatic carboxylic acids is 2. The van der Waals surface area contributed by atoms with Gasteiger partial charge in [-0.15, -0.1) is 0 Å². The third-order valence-corrected chi connectivity index (χ3v) is 7.33. The average molecular weight is 807 g/mol. The van der Waals surface area contributed by atoms with E-state index in [1.165, 1.54) is 32.0 Å². The largest absolute Gasteiger partial charge is 0.478 e. The Morgan fingerprint density at radius 1 is 0.735 bits per heavy atom. The molecule has 2 amide bonds. The molecule has 0 atom stereocenters. The third-order valence-electron chi connectivity index (χ3n) is 6.11. The first-order valence-corrected chi connectivity index (χ1v) is 15.2. The number of aromatic nitrogens is 1. The summed E-state index contributed by atoms with van der Waals surface area (Å²) in [5.74, 6) is -5.02. The standard InChI is InChI=1S/C15H12FNO3.C9H7BrFNO3.C9H5BrFNO2/c1-9(18)17-14-8-11(10-5-3-2-4-6-10)13(16)7-12(14)15(19)20;1-4(13)12-8-3-6(10)7(11)2-5(8)9(14)15;1-4-12-8-3-6(10)7(11)2-5(8)9(13)14-4/h2-8H,1H3,(H,17,18)(H,19,20);2-3H,1H3,(H,12,13)(H,14,15);2-3H,1H3. The maximum absolute atomic E-state index is 14.0. The van der Waals surface area contributed by atoms with Gasteiger partial charge in [0.15, 0.2) is 5.89 Å². The second-order valence-electron chi connectivity index (χ2n) is 9.83. The van der Waals surface area contributed by atoms with Crippen LogP contribution in [-0.2, 0) is 9.59 Å². The summed E-state index contributed by atoms with van der Waals surface area (Å²) in [5, 5.41) is 22.7. The highest BCUT2D eigenvalue weighted by molar-refractivity contribution is 9.10. The number of rotatable bonds is 5. The predicted octanol–water partition coefficient (Wildman–Crippen LogP) is 7.79. The molecular weight excluding hydrogens is 783 g/mol. The predicted molar refractivity (Wildman–Crippen MR) is 181 cm³/mol. The van der Waals surface area contributed by atoms with Gasteiger partial charge in [-0.3, -0.25) is 9.59 Å². The highest BCUT2D eigenvalue weighted by Crippen LogP contribution is 2.29. The van der Waals surface area contributed by atoms with Crippen LogP contribution in [0.25, 0.3) is 22.0 Å². The molecule has 1 aromatic heterocycles. The van der Waals surface area contributed by atoms with Crippen molar-refractivity contribution in [2.75, 3.05) is 10.6 Å². The summed E-state index contributed by atoms with van der Waals surface area (Å²) in [5.41, 5.74) is 0.260. The summed E-state index contributed by atoms with van der Waals surface area (Å²) in [6, 6.07) is 15.6. The summed E-state index contributed by atoms with van der Waals surface area (Å²) >= 11 is 5.92. The Morgan fingerprint density at radius 3 is 1.76 bits per heavy atom. The fraction of sp³-hybridized carbons (Fsp3) is 0.0909. The fourth-order valence-corrected chi connectivity index (χ4v) is 4.75. The fourth-order valence-electron chi connectivity index (χ4n) is 4.07.